The number of azo groups is 1. The summed E-state index contributed by atoms with van der Waals surface area (Å²) in [6.07, 6.45) is 1.52. The van der Waals surface area contributed by atoms with E-state index in [-0.39, 0.29) is 11.1 Å². The molecule has 0 unspecified atom stereocenters. The molecule has 0 radical (unpaired) electrons. The lowest BCUT2D eigenvalue weighted by Gasteiger charge is -2.01. The highest BCUT2D eigenvalue weighted by molar-refractivity contribution is 5.87. The number of rotatable bonds is 3. The van der Waals surface area contributed by atoms with Gasteiger partial charge in [0.1, 0.15) is 22.9 Å². The van der Waals surface area contributed by atoms with Gasteiger partial charge in [-0.2, -0.15) is 5.26 Å². The summed E-state index contributed by atoms with van der Waals surface area (Å²) in [6.45, 7) is 13.5. The minimum atomic E-state index is -0.278. The third kappa shape index (κ3) is 4.80. The molecule has 4 heterocycles. The summed E-state index contributed by atoms with van der Waals surface area (Å²) in [7, 11) is 0. The van der Waals surface area contributed by atoms with Crippen molar-refractivity contribution in [2.45, 2.75) is 34.6 Å². The number of hydrogen-bond acceptors (Lipinski definition) is 6. The van der Waals surface area contributed by atoms with Crippen LogP contribution in [0.2, 0.25) is 0 Å². The van der Waals surface area contributed by atoms with Crippen LogP contribution < -0.4 is 16.5 Å². The molecule has 0 aliphatic carbocycles. The molecule has 42 heavy (non-hydrogen) atoms. The second-order valence-electron chi connectivity index (χ2n) is 10.1. The maximum Gasteiger partial charge on any atom is 0.261 e. The molecule has 6 rings (SSSR count). The Morgan fingerprint density at radius 3 is 2.21 bits per heavy atom. The molecule has 0 aliphatic rings. The third-order valence-electron chi connectivity index (χ3n) is 7.43. The molecule has 4 aromatic heterocycles. The molecule has 0 atom stereocenters. The standard InChI is InChI=1S/C21H15N5O.C12H14N2O/c1-14-7-9-16(10-8-14)24-25-21-19(15-5-3-2-4-6-15)17(13-22)20-23-12-11-18(27)26(20)21;1-6-7(2)11-13-9(4)8(3)12(15)14(11)10(6)5/h2-12,23H,1H3;5H2,1-4H3. The summed E-state index contributed by atoms with van der Waals surface area (Å²) in [5.41, 5.74) is 7.97. The first-order valence-corrected chi connectivity index (χ1v) is 13.3. The second kappa shape index (κ2) is 11.1. The molecule has 0 spiro atoms. The quantitative estimate of drug-likeness (QED) is 0.271. The van der Waals surface area contributed by atoms with E-state index in [1.54, 1.807) is 11.3 Å². The summed E-state index contributed by atoms with van der Waals surface area (Å²) in [4.78, 5) is 31.9. The number of benzene rings is 2. The molecule has 0 saturated carbocycles. The van der Waals surface area contributed by atoms with E-state index in [1.807, 2.05) is 82.3 Å². The van der Waals surface area contributed by atoms with Crippen LogP contribution in [0.1, 0.15) is 33.5 Å². The van der Waals surface area contributed by atoms with Gasteiger partial charge in [0, 0.05) is 34.4 Å². The van der Waals surface area contributed by atoms with Crippen LogP contribution in [0, 0.1) is 45.9 Å². The van der Waals surface area contributed by atoms with Crippen molar-refractivity contribution in [2.24, 2.45) is 10.2 Å². The van der Waals surface area contributed by atoms with E-state index >= 15 is 0 Å². The van der Waals surface area contributed by atoms with Crippen LogP contribution in [0.5, 0.6) is 0 Å². The van der Waals surface area contributed by atoms with E-state index < -0.39 is 0 Å². The van der Waals surface area contributed by atoms with Crippen LogP contribution in [-0.4, -0.2) is 18.8 Å². The zero-order chi connectivity index (χ0) is 30.1. The highest BCUT2D eigenvalue weighted by Crippen LogP contribution is 2.37. The van der Waals surface area contributed by atoms with Crippen LogP contribution in [0.15, 0.2) is 86.7 Å². The average molecular weight is 556 g/mol. The van der Waals surface area contributed by atoms with Gasteiger partial charge >= 0.3 is 0 Å². The normalized spacial score (nSPS) is 11.1. The van der Waals surface area contributed by atoms with Crippen molar-refractivity contribution in [3.8, 4) is 17.2 Å². The van der Waals surface area contributed by atoms with Crippen molar-refractivity contribution in [1.29, 1.82) is 5.26 Å². The predicted molar refractivity (Wildman–Crippen MR) is 165 cm³/mol. The van der Waals surface area contributed by atoms with Gasteiger partial charge in [-0.3, -0.25) is 14.0 Å². The Bertz CT molecular complexity index is 2200. The van der Waals surface area contributed by atoms with E-state index in [2.05, 4.69) is 32.8 Å². The minimum absolute atomic E-state index is 0.00120. The Balaban J connectivity index is 0.000000199. The van der Waals surface area contributed by atoms with E-state index in [1.165, 1.54) is 16.7 Å². The van der Waals surface area contributed by atoms with Crippen LogP contribution >= 0.6 is 0 Å². The number of hydrogen-bond donors (Lipinski definition) is 1. The molecule has 1 N–H and O–H groups in total. The Morgan fingerprint density at radius 1 is 0.857 bits per heavy atom. The van der Waals surface area contributed by atoms with Gasteiger partial charge < -0.3 is 4.98 Å². The molecule has 2 aromatic carbocycles. The number of H-pyrrole nitrogens is 1. The summed E-state index contributed by atoms with van der Waals surface area (Å²) in [5.74, 6) is 0.329. The molecular formula is C33H29N7O2. The second-order valence-corrected chi connectivity index (χ2v) is 10.1. The van der Waals surface area contributed by atoms with Crippen molar-refractivity contribution in [2.75, 3.05) is 0 Å². The van der Waals surface area contributed by atoms with Crippen LogP contribution in [0.25, 0.3) is 29.0 Å². The Labute approximate surface area is 241 Å². The Morgan fingerprint density at radius 2 is 1.55 bits per heavy atom. The lowest BCUT2D eigenvalue weighted by atomic mass is 10.0. The summed E-state index contributed by atoms with van der Waals surface area (Å²) < 4.78 is 2.99. The van der Waals surface area contributed by atoms with Crippen molar-refractivity contribution in [3.05, 3.63) is 126 Å². The number of aromatic nitrogens is 4. The minimum Gasteiger partial charge on any atom is -0.346 e. The molecule has 0 fully saturated rings. The van der Waals surface area contributed by atoms with Crippen LogP contribution in [-0.2, 0) is 0 Å². The Hall–Kier alpha value is -5.62. The number of fused-ring (bicyclic) bond motifs is 2. The van der Waals surface area contributed by atoms with Crippen LogP contribution in [0.3, 0.4) is 0 Å². The van der Waals surface area contributed by atoms with Gasteiger partial charge in [-0.25, -0.2) is 9.38 Å². The van der Waals surface area contributed by atoms with Crippen molar-refractivity contribution >= 4 is 29.4 Å². The maximum atomic E-state index is 12.5. The topological polar surface area (TPSA) is 120 Å². The number of nitrogens with zero attached hydrogens (tertiary/aromatic N) is 6. The maximum absolute atomic E-state index is 12.5. The zero-order valence-electron chi connectivity index (χ0n) is 24.1. The fourth-order valence-corrected chi connectivity index (χ4v) is 4.74. The molecule has 9 nitrogen and oxygen atoms in total. The van der Waals surface area contributed by atoms with Crippen molar-refractivity contribution < 1.29 is 0 Å². The number of aromatic amines is 1. The number of nitrogens with one attached hydrogen (secondary N) is 1. The molecule has 0 bridgehead atoms. The van der Waals surface area contributed by atoms with E-state index in [4.69, 9.17) is 0 Å². The van der Waals surface area contributed by atoms with Gasteiger partial charge in [-0.1, -0.05) is 54.6 Å². The van der Waals surface area contributed by atoms with Crippen molar-refractivity contribution in [1.82, 2.24) is 18.8 Å². The summed E-state index contributed by atoms with van der Waals surface area (Å²) in [5, 5.41) is 19.1. The first kappa shape index (κ1) is 27.9. The van der Waals surface area contributed by atoms with Gasteiger partial charge in [0.2, 0.25) is 0 Å². The van der Waals surface area contributed by atoms with E-state index in [9.17, 15) is 14.9 Å². The largest absolute Gasteiger partial charge is 0.346 e. The lowest BCUT2D eigenvalue weighted by molar-refractivity contribution is 0.975. The van der Waals surface area contributed by atoms with Gasteiger partial charge in [0.25, 0.3) is 11.1 Å². The summed E-state index contributed by atoms with van der Waals surface area (Å²) >= 11 is 0. The van der Waals surface area contributed by atoms with Gasteiger partial charge in [0.05, 0.1) is 5.69 Å². The van der Waals surface area contributed by atoms with Crippen molar-refractivity contribution in [3.63, 3.8) is 0 Å². The monoisotopic (exact) mass is 555 g/mol. The fraction of sp³-hybridized carbons (Fsp3) is 0.152. The van der Waals surface area contributed by atoms with Gasteiger partial charge in [0.15, 0.2) is 5.82 Å². The zero-order valence-corrected chi connectivity index (χ0v) is 24.1. The fourth-order valence-electron chi connectivity index (χ4n) is 4.74. The third-order valence-corrected chi connectivity index (χ3v) is 7.43. The van der Waals surface area contributed by atoms with Gasteiger partial charge in [-0.15, -0.1) is 10.2 Å². The molecule has 208 valence electrons. The highest BCUT2D eigenvalue weighted by Gasteiger charge is 2.21. The van der Waals surface area contributed by atoms with E-state index in [0.717, 1.165) is 38.9 Å². The molecule has 0 amide bonds. The van der Waals surface area contributed by atoms with Gasteiger partial charge in [-0.05, 0) is 63.4 Å². The SMILES string of the molecule is C=c1c(C)c(C)c2nc(C)c(C)c(=O)n12.Cc1ccc(N=Nc2c(-c3ccccc3)c(C#N)c3[nH]ccc(=O)n23)cc1. The molecule has 0 saturated heterocycles. The molecule has 0 aliphatic heterocycles. The molecule has 9 heteroatoms. The highest BCUT2D eigenvalue weighted by atomic mass is 16.1. The average Bonchev–Trinajstić information content (AvgIpc) is 3.43. The first-order valence-electron chi connectivity index (χ1n) is 13.3. The number of aryl methyl sites for hydroxylation is 3. The first-order chi connectivity index (χ1) is 20.1. The molecule has 6 aromatic rings. The molecular weight excluding hydrogens is 526 g/mol. The predicted octanol–water partition coefficient (Wildman–Crippen LogP) is 5.95. The smallest absolute Gasteiger partial charge is 0.261 e. The number of nitriles is 1. The Kier molecular flexibility index (Phi) is 7.38. The summed E-state index contributed by atoms with van der Waals surface area (Å²) in [6, 6.07) is 20.6. The van der Waals surface area contributed by atoms with E-state index in [0.29, 0.717) is 33.8 Å². The lowest BCUT2D eigenvalue weighted by Crippen LogP contribution is -2.26. The van der Waals surface area contributed by atoms with Crippen LogP contribution in [0.4, 0.5) is 11.5 Å².